The van der Waals surface area contributed by atoms with Crippen LogP contribution in [0.1, 0.15) is 16.7 Å². The van der Waals surface area contributed by atoms with Crippen LogP contribution in [0.4, 0.5) is 0 Å². The summed E-state index contributed by atoms with van der Waals surface area (Å²) >= 11 is 6.12. The Morgan fingerprint density at radius 3 is 2.24 bits per heavy atom. The maximum atomic E-state index is 13.9. The van der Waals surface area contributed by atoms with Crippen LogP contribution in [-0.2, 0) is 43.9 Å². The van der Waals surface area contributed by atoms with Crippen molar-refractivity contribution >= 4 is 33.4 Å². The van der Waals surface area contributed by atoms with E-state index >= 15 is 0 Å². The molecule has 0 radical (unpaired) electrons. The first-order chi connectivity index (χ1) is 22.3. The molecule has 240 valence electrons. The van der Waals surface area contributed by atoms with Crippen LogP contribution in [0, 0.1) is 0 Å². The standard InChI is InChI=1S/C34H35ClN4O6S/c35-29-8-6-28(7-9-29)24-39(32(22-26-4-2-1-3-5-26)34(41)37-23-27-14-16-36-17-15-27)33(40)25-45-30-10-12-31(13-11-30)46(42,43)38-18-20-44-21-19-38/h1-17,32H,18-25H2,(H,37,41). The minimum atomic E-state index is -3.67. The molecule has 4 aromatic rings. The summed E-state index contributed by atoms with van der Waals surface area (Å²) in [6, 6.07) is 25.3. The van der Waals surface area contributed by atoms with Gasteiger partial charge in [0.15, 0.2) is 6.61 Å². The Hall–Kier alpha value is -4.29. The van der Waals surface area contributed by atoms with E-state index in [1.165, 1.54) is 33.5 Å². The van der Waals surface area contributed by atoms with Gasteiger partial charge in [-0.1, -0.05) is 54.1 Å². The SMILES string of the molecule is O=C(NCc1ccncc1)C(Cc1ccccc1)N(Cc1ccc(Cl)cc1)C(=O)COc1ccc(S(=O)(=O)N2CCOCC2)cc1. The van der Waals surface area contributed by atoms with Crippen LogP contribution in [0.5, 0.6) is 5.75 Å². The molecule has 0 saturated carbocycles. The monoisotopic (exact) mass is 662 g/mol. The molecular weight excluding hydrogens is 628 g/mol. The molecule has 2 amide bonds. The minimum Gasteiger partial charge on any atom is -0.484 e. The van der Waals surface area contributed by atoms with Gasteiger partial charge in [-0.15, -0.1) is 0 Å². The number of carbonyl (C=O) groups is 2. The molecule has 10 nitrogen and oxygen atoms in total. The highest BCUT2D eigenvalue weighted by Gasteiger charge is 2.31. The number of amides is 2. The highest BCUT2D eigenvalue weighted by Crippen LogP contribution is 2.22. The van der Waals surface area contributed by atoms with Gasteiger partial charge in [-0.2, -0.15) is 4.31 Å². The molecule has 1 saturated heterocycles. The van der Waals surface area contributed by atoms with Gasteiger partial charge >= 0.3 is 0 Å². The Kier molecular flexibility index (Phi) is 11.4. The summed E-state index contributed by atoms with van der Waals surface area (Å²) < 4.78 is 38.5. The number of hydrogen-bond donors (Lipinski definition) is 1. The Bertz CT molecular complexity index is 1690. The van der Waals surface area contributed by atoms with Crippen LogP contribution < -0.4 is 10.1 Å². The lowest BCUT2D eigenvalue weighted by atomic mass is 10.0. The lowest BCUT2D eigenvalue weighted by Gasteiger charge is -2.31. The number of aromatic nitrogens is 1. The second kappa shape index (κ2) is 15.8. The van der Waals surface area contributed by atoms with Crippen molar-refractivity contribution in [1.29, 1.82) is 0 Å². The average molecular weight is 663 g/mol. The Morgan fingerprint density at radius 2 is 1.57 bits per heavy atom. The second-order valence-electron chi connectivity index (χ2n) is 10.7. The van der Waals surface area contributed by atoms with Gasteiger partial charge in [-0.25, -0.2) is 8.42 Å². The van der Waals surface area contributed by atoms with Crippen LogP contribution in [0.3, 0.4) is 0 Å². The van der Waals surface area contributed by atoms with Crippen molar-refractivity contribution in [3.05, 3.63) is 125 Å². The minimum absolute atomic E-state index is 0.131. The summed E-state index contributed by atoms with van der Waals surface area (Å²) in [5.74, 6) is -0.414. The van der Waals surface area contributed by atoms with Crippen molar-refractivity contribution in [2.75, 3.05) is 32.9 Å². The zero-order valence-electron chi connectivity index (χ0n) is 25.1. The zero-order valence-corrected chi connectivity index (χ0v) is 26.7. The molecule has 1 fully saturated rings. The molecule has 2 heterocycles. The summed E-state index contributed by atoms with van der Waals surface area (Å²) in [4.78, 5) is 33.4. The van der Waals surface area contributed by atoms with Gasteiger partial charge in [0.1, 0.15) is 11.8 Å². The zero-order chi connectivity index (χ0) is 32.4. The number of carbonyl (C=O) groups excluding carboxylic acids is 2. The van der Waals surface area contributed by atoms with E-state index in [-0.39, 0.29) is 36.9 Å². The Morgan fingerprint density at radius 1 is 0.891 bits per heavy atom. The summed E-state index contributed by atoms with van der Waals surface area (Å²) in [7, 11) is -3.67. The molecular formula is C34H35ClN4O6S. The number of halogens is 1. The number of hydrogen-bond acceptors (Lipinski definition) is 7. The number of rotatable bonds is 13. The normalized spacial score (nSPS) is 14.3. The maximum Gasteiger partial charge on any atom is 0.261 e. The van der Waals surface area contributed by atoms with Gasteiger partial charge < -0.3 is 19.7 Å². The van der Waals surface area contributed by atoms with Crippen molar-refractivity contribution < 1.29 is 27.5 Å². The van der Waals surface area contributed by atoms with E-state index < -0.39 is 22.0 Å². The number of sulfonamides is 1. The first kappa shape index (κ1) is 33.1. The van der Waals surface area contributed by atoms with Crippen LogP contribution in [0.2, 0.25) is 5.02 Å². The molecule has 3 aromatic carbocycles. The first-order valence-electron chi connectivity index (χ1n) is 14.8. The number of morpholine rings is 1. The Labute approximate surface area is 274 Å². The molecule has 1 aliphatic heterocycles. The van der Waals surface area contributed by atoms with Gasteiger partial charge in [0.05, 0.1) is 18.1 Å². The summed E-state index contributed by atoms with van der Waals surface area (Å²) in [6.45, 7) is 1.32. The number of nitrogens with zero attached hydrogens (tertiary/aromatic N) is 3. The molecule has 1 aliphatic rings. The largest absolute Gasteiger partial charge is 0.484 e. The quantitative estimate of drug-likeness (QED) is 0.229. The second-order valence-corrected chi connectivity index (χ2v) is 13.1. The van der Waals surface area contributed by atoms with E-state index in [9.17, 15) is 18.0 Å². The third kappa shape index (κ3) is 8.91. The van der Waals surface area contributed by atoms with Gasteiger partial charge in [-0.3, -0.25) is 14.6 Å². The van der Waals surface area contributed by atoms with E-state index in [1.54, 1.807) is 24.5 Å². The van der Waals surface area contributed by atoms with E-state index in [2.05, 4.69) is 10.3 Å². The van der Waals surface area contributed by atoms with Crippen LogP contribution in [0.25, 0.3) is 0 Å². The van der Waals surface area contributed by atoms with E-state index in [1.807, 2.05) is 54.6 Å². The van der Waals surface area contributed by atoms with Gasteiger partial charge in [0.25, 0.3) is 5.91 Å². The van der Waals surface area contributed by atoms with Gasteiger partial charge in [0, 0.05) is 50.0 Å². The van der Waals surface area contributed by atoms with Crippen molar-refractivity contribution in [3.63, 3.8) is 0 Å². The van der Waals surface area contributed by atoms with E-state index in [0.717, 1.165) is 16.7 Å². The third-order valence-corrected chi connectivity index (χ3v) is 9.71. The molecule has 1 atom stereocenters. The highest BCUT2D eigenvalue weighted by molar-refractivity contribution is 7.89. The predicted octanol–water partition coefficient (Wildman–Crippen LogP) is 4.09. The topological polar surface area (TPSA) is 118 Å². The van der Waals surface area contributed by atoms with Crippen LogP contribution in [0.15, 0.2) is 108 Å². The van der Waals surface area contributed by atoms with Crippen molar-refractivity contribution in [1.82, 2.24) is 19.5 Å². The Balaban J connectivity index is 1.35. The maximum absolute atomic E-state index is 13.9. The fraction of sp³-hybridized carbons (Fsp3) is 0.265. The van der Waals surface area contributed by atoms with Crippen molar-refractivity contribution in [2.24, 2.45) is 0 Å². The number of pyridine rings is 1. The molecule has 12 heteroatoms. The lowest BCUT2D eigenvalue weighted by molar-refractivity contribution is -0.142. The molecule has 0 spiro atoms. The fourth-order valence-electron chi connectivity index (χ4n) is 5.02. The van der Waals surface area contributed by atoms with Crippen LogP contribution >= 0.6 is 11.6 Å². The van der Waals surface area contributed by atoms with Crippen molar-refractivity contribution in [2.45, 2.75) is 30.4 Å². The molecule has 1 aromatic heterocycles. The van der Waals surface area contributed by atoms with Crippen molar-refractivity contribution in [3.8, 4) is 5.75 Å². The number of nitrogens with one attached hydrogen (secondary N) is 1. The highest BCUT2D eigenvalue weighted by atomic mass is 35.5. The molecule has 0 bridgehead atoms. The molecule has 1 unspecified atom stereocenters. The molecule has 0 aliphatic carbocycles. The summed E-state index contributed by atoms with van der Waals surface area (Å²) in [6.07, 6.45) is 3.58. The molecule has 46 heavy (non-hydrogen) atoms. The third-order valence-electron chi connectivity index (χ3n) is 7.55. The summed E-state index contributed by atoms with van der Waals surface area (Å²) in [5.41, 5.74) is 2.55. The molecule has 5 rings (SSSR count). The van der Waals surface area contributed by atoms with E-state index in [4.69, 9.17) is 21.1 Å². The number of ether oxygens (including phenoxy) is 2. The predicted molar refractivity (Wildman–Crippen MR) is 174 cm³/mol. The summed E-state index contributed by atoms with van der Waals surface area (Å²) in [5, 5.41) is 3.53. The smallest absolute Gasteiger partial charge is 0.261 e. The van der Waals surface area contributed by atoms with E-state index in [0.29, 0.717) is 37.1 Å². The number of benzene rings is 3. The average Bonchev–Trinajstić information content (AvgIpc) is 3.10. The first-order valence-corrected chi connectivity index (χ1v) is 16.7. The lowest BCUT2D eigenvalue weighted by Crippen LogP contribution is -2.51. The fourth-order valence-corrected chi connectivity index (χ4v) is 6.55. The molecule has 1 N–H and O–H groups in total. The van der Waals surface area contributed by atoms with Gasteiger partial charge in [-0.05, 0) is 65.2 Å². The van der Waals surface area contributed by atoms with Gasteiger partial charge in [0.2, 0.25) is 15.9 Å². The van der Waals surface area contributed by atoms with Crippen LogP contribution in [-0.4, -0.2) is 73.4 Å².